The minimum atomic E-state index is 0.870. The van der Waals surface area contributed by atoms with Gasteiger partial charge in [-0.2, -0.15) is 0 Å². The average molecular weight is 213 g/mol. The van der Waals surface area contributed by atoms with Crippen LogP contribution in [-0.2, 0) is 11.2 Å². The zero-order chi connectivity index (χ0) is 9.80. The fourth-order valence-corrected chi connectivity index (χ4v) is 2.21. The van der Waals surface area contributed by atoms with Crippen molar-refractivity contribution in [2.45, 2.75) is 13.3 Å². The molecule has 0 aliphatic carbocycles. The molecule has 1 aromatic heterocycles. The Hall–Kier alpha value is -0.520. The molecule has 2 rings (SSSR count). The summed E-state index contributed by atoms with van der Waals surface area (Å²) in [5, 5.41) is 10.3. The van der Waals surface area contributed by atoms with Gasteiger partial charge in [0.05, 0.1) is 13.2 Å². The Morgan fingerprint density at radius 2 is 2.14 bits per heavy atom. The molecule has 1 saturated heterocycles. The standard InChI is InChI=1S/C9H15N3OS/c1-8-10-11-9(14-8)2-3-12-4-6-13-7-5-12/h2-7H2,1H3. The van der Waals surface area contributed by atoms with Crippen molar-refractivity contribution in [3.05, 3.63) is 10.0 Å². The van der Waals surface area contributed by atoms with Gasteiger partial charge in [-0.1, -0.05) is 0 Å². The molecule has 5 heteroatoms. The van der Waals surface area contributed by atoms with Gasteiger partial charge in [0.15, 0.2) is 0 Å². The van der Waals surface area contributed by atoms with Gasteiger partial charge in [0.25, 0.3) is 0 Å². The predicted octanol–water partition coefficient (Wildman–Crippen LogP) is 0.721. The predicted molar refractivity (Wildman–Crippen MR) is 55.6 cm³/mol. The zero-order valence-corrected chi connectivity index (χ0v) is 9.22. The van der Waals surface area contributed by atoms with E-state index < -0.39 is 0 Å². The van der Waals surface area contributed by atoms with Gasteiger partial charge in [0.1, 0.15) is 10.0 Å². The molecule has 1 fully saturated rings. The number of aromatic nitrogens is 2. The lowest BCUT2D eigenvalue weighted by molar-refractivity contribution is 0.0384. The Balaban J connectivity index is 1.76. The van der Waals surface area contributed by atoms with Crippen molar-refractivity contribution < 1.29 is 4.74 Å². The van der Waals surface area contributed by atoms with Gasteiger partial charge in [-0.05, 0) is 6.92 Å². The van der Waals surface area contributed by atoms with Crippen molar-refractivity contribution in [1.29, 1.82) is 0 Å². The van der Waals surface area contributed by atoms with Crippen LogP contribution in [0, 0.1) is 6.92 Å². The average Bonchev–Trinajstić information content (AvgIpc) is 2.63. The van der Waals surface area contributed by atoms with Crippen LogP contribution in [0.25, 0.3) is 0 Å². The highest BCUT2D eigenvalue weighted by Crippen LogP contribution is 2.09. The highest BCUT2D eigenvalue weighted by atomic mass is 32.1. The van der Waals surface area contributed by atoms with E-state index in [1.54, 1.807) is 11.3 Å². The largest absolute Gasteiger partial charge is 0.379 e. The van der Waals surface area contributed by atoms with Crippen molar-refractivity contribution >= 4 is 11.3 Å². The van der Waals surface area contributed by atoms with E-state index in [2.05, 4.69) is 15.1 Å². The number of hydrogen-bond donors (Lipinski definition) is 0. The molecule has 1 aromatic rings. The van der Waals surface area contributed by atoms with E-state index in [-0.39, 0.29) is 0 Å². The number of morpholine rings is 1. The second-order valence-corrected chi connectivity index (χ2v) is 4.69. The quantitative estimate of drug-likeness (QED) is 0.741. The van der Waals surface area contributed by atoms with Crippen molar-refractivity contribution in [3.63, 3.8) is 0 Å². The van der Waals surface area contributed by atoms with E-state index >= 15 is 0 Å². The molecule has 0 unspecified atom stereocenters. The van der Waals surface area contributed by atoms with Gasteiger partial charge >= 0.3 is 0 Å². The molecule has 78 valence electrons. The van der Waals surface area contributed by atoms with E-state index in [9.17, 15) is 0 Å². The van der Waals surface area contributed by atoms with Gasteiger partial charge in [0.2, 0.25) is 0 Å². The summed E-state index contributed by atoms with van der Waals surface area (Å²) in [7, 11) is 0. The third-order valence-electron chi connectivity index (χ3n) is 2.31. The van der Waals surface area contributed by atoms with E-state index in [0.717, 1.165) is 49.3 Å². The minimum Gasteiger partial charge on any atom is -0.379 e. The first-order valence-corrected chi connectivity index (χ1v) is 5.75. The van der Waals surface area contributed by atoms with Crippen molar-refractivity contribution in [1.82, 2.24) is 15.1 Å². The molecule has 1 aliphatic rings. The molecule has 0 N–H and O–H groups in total. The third-order valence-corrected chi connectivity index (χ3v) is 3.21. The Kier molecular flexibility index (Phi) is 3.44. The molecule has 2 heterocycles. The molecule has 1 aliphatic heterocycles. The minimum absolute atomic E-state index is 0.870. The fraction of sp³-hybridized carbons (Fsp3) is 0.778. The molecule has 0 saturated carbocycles. The lowest BCUT2D eigenvalue weighted by Crippen LogP contribution is -2.37. The molecule has 0 spiro atoms. The molecule has 4 nitrogen and oxygen atoms in total. The Morgan fingerprint density at radius 1 is 1.36 bits per heavy atom. The van der Waals surface area contributed by atoms with Crippen LogP contribution in [0.2, 0.25) is 0 Å². The summed E-state index contributed by atoms with van der Waals surface area (Å²) in [6.07, 6.45) is 1.02. The third kappa shape index (κ3) is 2.73. The second-order valence-electron chi connectivity index (χ2n) is 3.42. The summed E-state index contributed by atoms with van der Waals surface area (Å²) in [4.78, 5) is 2.42. The lowest BCUT2D eigenvalue weighted by atomic mass is 10.3. The van der Waals surface area contributed by atoms with Crippen LogP contribution in [0.15, 0.2) is 0 Å². The highest BCUT2D eigenvalue weighted by Gasteiger charge is 2.10. The molecule has 14 heavy (non-hydrogen) atoms. The topological polar surface area (TPSA) is 38.2 Å². The first-order valence-electron chi connectivity index (χ1n) is 4.94. The molecule has 0 atom stereocenters. The summed E-state index contributed by atoms with van der Waals surface area (Å²) in [5.41, 5.74) is 0. The first kappa shape index (κ1) is 10.0. The van der Waals surface area contributed by atoms with E-state index in [4.69, 9.17) is 4.74 Å². The summed E-state index contributed by atoms with van der Waals surface area (Å²) >= 11 is 1.70. The van der Waals surface area contributed by atoms with Crippen LogP contribution in [0.5, 0.6) is 0 Å². The smallest absolute Gasteiger partial charge is 0.118 e. The Bertz CT molecular complexity index is 283. The van der Waals surface area contributed by atoms with Crippen molar-refractivity contribution in [2.75, 3.05) is 32.8 Å². The van der Waals surface area contributed by atoms with Crippen LogP contribution in [0.4, 0.5) is 0 Å². The first-order chi connectivity index (χ1) is 6.84. The Labute approximate surface area is 87.9 Å². The van der Waals surface area contributed by atoms with Crippen molar-refractivity contribution in [2.24, 2.45) is 0 Å². The van der Waals surface area contributed by atoms with Gasteiger partial charge in [-0.15, -0.1) is 21.5 Å². The van der Waals surface area contributed by atoms with Crippen LogP contribution in [0.3, 0.4) is 0 Å². The maximum Gasteiger partial charge on any atom is 0.118 e. The summed E-state index contributed by atoms with van der Waals surface area (Å²) in [6.45, 7) is 6.92. The van der Waals surface area contributed by atoms with E-state index in [1.807, 2.05) is 6.92 Å². The normalized spacial score (nSPS) is 18.6. The van der Waals surface area contributed by atoms with E-state index in [1.165, 1.54) is 0 Å². The maximum absolute atomic E-state index is 5.29. The number of rotatable bonds is 3. The Morgan fingerprint density at radius 3 is 2.79 bits per heavy atom. The molecule has 0 bridgehead atoms. The van der Waals surface area contributed by atoms with E-state index in [0.29, 0.717) is 0 Å². The number of ether oxygens (including phenoxy) is 1. The van der Waals surface area contributed by atoms with Crippen LogP contribution in [0.1, 0.15) is 10.0 Å². The summed E-state index contributed by atoms with van der Waals surface area (Å²) < 4.78 is 5.29. The SMILES string of the molecule is Cc1nnc(CCN2CCOCC2)s1. The van der Waals surface area contributed by atoms with Gasteiger partial charge < -0.3 is 4.74 Å². The molecule has 0 aromatic carbocycles. The molecule has 0 amide bonds. The highest BCUT2D eigenvalue weighted by molar-refractivity contribution is 7.11. The maximum atomic E-state index is 5.29. The molecular weight excluding hydrogens is 198 g/mol. The zero-order valence-electron chi connectivity index (χ0n) is 8.40. The van der Waals surface area contributed by atoms with Crippen LogP contribution >= 0.6 is 11.3 Å². The number of nitrogens with zero attached hydrogens (tertiary/aromatic N) is 3. The number of hydrogen-bond acceptors (Lipinski definition) is 5. The second kappa shape index (κ2) is 4.82. The van der Waals surface area contributed by atoms with Gasteiger partial charge in [0, 0.05) is 26.1 Å². The molecular formula is C9H15N3OS. The molecule has 0 radical (unpaired) electrons. The van der Waals surface area contributed by atoms with Gasteiger partial charge in [-0.3, -0.25) is 4.90 Å². The fourth-order valence-electron chi connectivity index (χ4n) is 1.52. The monoisotopic (exact) mass is 213 g/mol. The summed E-state index contributed by atoms with van der Waals surface area (Å²) in [5.74, 6) is 0. The lowest BCUT2D eigenvalue weighted by Gasteiger charge is -2.25. The van der Waals surface area contributed by atoms with Crippen LogP contribution < -0.4 is 0 Å². The van der Waals surface area contributed by atoms with Gasteiger partial charge in [-0.25, -0.2) is 0 Å². The number of aryl methyl sites for hydroxylation is 1. The van der Waals surface area contributed by atoms with Crippen LogP contribution in [-0.4, -0.2) is 47.9 Å². The summed E-state index contributed by atoms with van der Waals surface area (Å²) in [6, 6.07) is 0. The van der Waals surface area contributed by atoms with Crippen molar-refractivity contribution in [3.8, 4) is 0 Å².